The third-order valence-electron chi connectivity index (χ3n) is 14.4. The second-order valence-corrected chi connectivity index (χ2v) is 21.1. The van der Waals surface area contributed by atoms with Gasteiger partial charge in [-0.25, -0.2) is 0 Å². The number of aliphatic hydroxyl groups excluding tert-OH is 2. The lowest BCUT2D eigenvalue weighted by atomic mass is 10.0. The van der Waals surface area contributed by atoms with Crippen LogP contribution in [0, 0.1) is 0 Å². The smallest absolute Gasteiger partial charge is 0.220 e. The molecule has 0 spiro atoms. The maximum absolute atomic E-state index is 12.5. The minimum absolute atomic E-state index is 0.0658. The lowest BCUT2D eigenvalue weighted by Gasteiger charge is -2.19. The van der Waals surface area contributed by atoms with Crippen molar-refractivity contribution in [2.75, 3.05) is 6.61 Å². The summed E-state index contributed by atoms with van der Waals surface area (Å²) in [6.07, 6.45) is 78.0. The number of rotatable bonds is 57. The van der Waals surface area contributed by atoms with Gasteiger partial charge >= 0.3 is 0 Å². The first-order valence-corrected chi connectivity index (χ1v) is 30.6. The molecule has 0 saturated carbocycles. The van der Waals surface area contributed by atoms with E-state index in [0.29, 0.717) is 6.42 Å². The molecule has 0 fully saturated rings. The Bertz CT molecular complexity index is 963. The van der Waals surface area contributed by atoms with E-state index in [-0.39, 0.29) is 12.5 Å². The van der Waals surface area contributed by atoms with E-state index in [1.54, 1.807) is 6.08 Å². The Labute approximate surface area is 415 Å². The van der Waals surface area contributed by atoms with Crippen LogP contribution in [0.5, 0.6) is 0 Å². The van der Waals surface area contributed by atoms with E-state index in [9.17, 15) is 15.0 Å². The molecule has 0 radical (unpaired) electrons. The molecule has 0 aromatic rings. The minimum Gasteiger partial charge on any atom is -0.394 e. The van der Waals surface area contributed by atoms with Crippen molar-refractivity contribution >= 4 is 5.91 Å². The third-order valence-corrected chi connectivity index (χ3v) is 14.4. The van der Waals surface area contributed by atoms with Crippen LogP contribution < -0.4 is 5.32 Å². The predicted octanol–water partition coefficient (Wildman–Crippen LogP) is 20.3. The number of unbranched alkanes of at least 4 members (excludes halogenated alkanes) is 48. The zero-order valence-electron chi connectivity index (χ0n) is 45.2. The normalized spacial score (nSPS) is 12.8. The van der Waals surface area contributed by atoms with Gasteiger partial charge in [0.25, 0.3) is 0 Å². The summed E-state index contributed by atoms with van der Waals surface area (Å²) in [4.78, 5) is 12.5. The van der Waals surface area contributed by atoms with Crippen molar-refractivity contribution < 1.29 is 15.0 Å². The minimum atomic E-state index is -0.860. The Morgan fingerprint density at radius 3 is 0.879 bits per heavy atom. The molecular formula is C62H121NO3. The van der Waals surface area contributed by atoms with Crippen LogP contribution in [0.25, 0.3) is 0 Å². The Hall–Kier alpha value is -1.13. The maximum Gasteiger partial charge on any atom is 0.220 e. The van der Waals surface area contributed by atoms with Crippen molar-refractivity contribution in [2.24, 2.45) is 0 Å². The Morgan fingerprint density at radius 2 is 0.591 bits per heavy atom. The van der Waals surface area contributed by atoms with E-state index in [2.05, 4.69) is 31.3 Å². The predicted molar refractivity (Wildman–Crippen MR) is 295 cm³/mol. The van der Waals surface area contributed by atoms with Crippen LogP contribution in [0.2, 0.25) is 0 Å². The molecule has 0 rings (SSSR count). The molecule has 0 aromatic heterocycles. The average molecular weight is 929 g/mol. The molecule has 0 aliphatic carbocycles. The highest BCUT2D eigenvalue weighted by atomic mass is 16.3. The van der Waals surface area contributed by atoms with Crippen molar-refractivity contribution in [3.63, 3.8) is 0 Å². The molecule has 4 nitrogen and oxygen atoms in total. The molecule has 0 saturated heterocycles. The van der Waals surface area contributed by atoms with Gasteiger partial charge < -0.3 is 15.5 Å². The summed E-state index contributed by atoms with van der Waals surface area (Å²) in [5.41, 5.74) is 0. The lowest BCUT2D eigenvalue weighted by Crippen LogP contribution is -2.45. The van der Waals surface area contributed by atoms with Gasteiger partial charge in [0.15, 0.2) is 0 Å². The highest BCUT2D eigenvalue weighted by Gasteiger charge is 2.18. The zero-order chi connectivity index (χ0) is 47.7. The van der Waals surface area contributed by atoms with Crippen LogP contribution in [0.4, 0.5) is 0 Å². The van der Waals surface area contributed by atoms with Crippen LogP contribution in [0.3, 0.4) is 0 Å². The number of carbonyl (C=O) groups is 1. The quantitative estimate of drug-likeness (QED) is 0.0420. The SMILES string of the molecule is CCCCCCCCCCCCCCCCCCCCCCCCCC/C=C/CC/C=C/C(O)C(CO)NC(=O)CCCCCCCCCCCCCCCCCCCCCCCCCC. The molecular weight excluding hydrogens is 807 g/mol. The molecule has 0 heterocycles. The fourth-order valence-corrected chi connectivity index (χ4v) is 9.79. The first kappa shape index (κ1) is 64.9. The van der Waals surface area contributed by atoms with Crippen molar-refractivity contribution in [1.82, 2.24) is 5.32 Å². The van der Waals surface area contributed by atoms with Gasteiger partial charge in [-0.3, -0.25) is 4.79 Å². The molecule has 4 heteroatoms. The molecule has 2 unspecified atom stereocenters. The molecule has 0 aliphatic heterocycles. The molecule has 3 N–H and O–H groups in total. The lowest BCUT2D eigenvalue weighted by molar-refractivity contribution is -0.123. The van der Waals surface area contributed by atoms with Crippen molar-refractivity contribution in [1.29, 1.82) is 0 Å². The van der Waals surface area contributed by atoms with Gasteiger partial charge in [0.05, 0.1) is 18.8 Å². The number of hydrogen-bond donors (Lipinski definition) is 3. The zero-order valence-corrected chi connectivity index (χ0v) is 45.2. The number of nitrogens with one attached hydrogen (secondary N) is 1. The standard InChI is InChI=1S/C62H121NO3/c1-3-5-7-9-11-13-15-17-19-21-23-25-27-29-30-31-32-33-34-35-37-39-41-43-45-47-49-51-53-55-57-61(65)60(59-64)63-62(66)58-56-54-52-50-48-46-44-42-40-38-36-28-26-24-22-20-18-16-14-12-10-8-6-4-2/h47,49,55,57,60-61,64-65H,3-46,48,50-54,56,58-59H2,1-2H3,(H,63,66)/b49-47+,57-55+. The van der Waals surface area contributed by atoms with Gasteiger partial charge in [-0.1, -0.05) is 334 Å². The van der Waals surface area contributed by atoms with Crippen LogP contribution >= 0.6 is 0 Å². The molecule has 1 amide bonds. The fourth-order valence-electron chi connectivity index (χ4n) is 9.79. The number of amides is 1. The molecule has 66 heavy (non-hydrogen) atoms. The molecule has 0 aromatic carbocycles. The summed E-state index contributed by atoms with van der Waals surface area (Å²) < 4.78 is 0. The van der Waals surface area contributed by atoms with Gasteiger partial charge in [0.2, 0.25) is 5.91 Å². The van der Waals surface area contributed by atoms with E-state index in [1.807, 2.05) is 6.08 Å². The van der Waals surface area contributed by atoms with E-state index < -0.39 is 12.1 Å². The van der Waals surface area contributed by atoms with E-state index in [1.165, 1.54) is 295 Å². The van der Waals surface area contributed by atoms with Crippen LogP contribution in [-0.4, -0.2) is 34.9 Å². The highest BCUT2D eigenvalue weighted by molar-refractivity contribution is 5.76. The van der Waals surface area contributed by atoms with Gasteiger partial charge in [-0.05, 0) is 32.1 Å². The Balaban J connectivity index is 3.47. The van der Waals surface area contributed by atoms with Gasteiger partial charge in [-0.15, -0.1) is 0 Å². The summed E-state index contributed by atoms with van der Waals surface area (Å²) in [5, 5.41) is 23.2. The summed E-state index contributed by atoms with van der Waals surface area (Å²) in [6, 6.07) is -0.637. The molecule has 0 bridgehead atoms. The first-order valence-electron chi connectivity index (χ1n) is 30.6. The van der Waals surface area contributed by atoms with Crippen LogP contribution in [0.15, 0.2) is 24.3 Å². The summed E-state index contributed by atoms with van der Waals surface area (Å²) in [7, 11) is 0. The van der Waals surface area contributed by atoms with Crippen LogP contribution in [-0.2, 0) is 4.79 Å². The monoisotopic (exact) mass is 928 g/mol. The average Bonchev–Trinajstić information content (AvgIpc) is 3.32. The van der Waals surface area contributed by atoms with Crippen molar-refractivity contribution in [3.8, 4) is 0 Å². The van der Waals surface area contributed by atoms with E-state index in [4.69, 9.17) is 0 Å². The Morgan fingerprint density at radius 1 is 0.348 bits per heavy atom. The fraction of sp³-hybridized carbons (Fsp3) is 0.919. The molecule has 2 atom stereocenters. The van der Waals surface area contributed by atoms with E-state index >= 15 is 0 Å². The number of aliphatic hydroxyl groups is 2. The second kappa shape index (κ2) is 58.2. The first-order chi connectivity index (χ1) is 32.7. The van der Waals surface area contributed by atoms with Gasteiger partial charge in [-0.2, -0.15) is 0 Å². The third kappa shape index (κ3) is 53.8. The van der Waals surface area contributed by atoms with E-state index in [0.717, 1.165) is 32.1 Å². The maximum atomic E-state index is 12.5. The topological polar surface area (TPSA) is 69.6 Å². The molecule has 392 valence electrons. The van der Waals surface area contributed by atoms with Crippen molar-refractivity contribution in [2.45, 2.75) is 360 Å². The Kier molecular flexibility index (Phi) is 57.2. The van der Waals surface area contributed by atoms with Gasteiger partial charge in [0.1, 0.15) is 0 Å². The summed E-state index contributed by atoms with van der Waals surface area (Å²) in [6.45, 7) is 4.35. The largest absolute Gasteiger partial charge is 0.394 e. The number of allylic oxidation sites excluding steroid dienone is 3. The second-order valence-electron chi connectivity index (χ2n) is 21.1. The summed E-state index contributed by atoms with van der Waals surface area (Å²) >= 11 is 0. The molecule has 0 aliphatic rings. The number of hydrogen-bond acceptors (Lipinski definition) is 3. The summed E-state index contributed by atoms with van der Waals surface area (Å²) in [5.74, 6) is -0.0658. The van der Waals surface area contributed by atoms with Crippen molar-refractivity contribution in [3.05, 3.63) is 24.3 Å². The highest BCUT2D eigenvalue weighted by Crippen LogP contribution is 2.18. The van der Waals surface area contributed by atoms with Gasteiger partial charge in [0, 0.05) is 6.42 Å². The van der Waals surface area contributed by atoms with Crippen LogP contribution in [0.1, 0.15) is 348 Å². The number of carbonyl (C=O) groups excluding carboxylic acids is 1.